The van der Waals surface area contributed by atoms with E-state index in [1.807, 2.05) is 0 Å². The van der Waals surface area contributed by atoms with Crippen molar-refractivity contribution in [3.05, 3.63) is 45.1 Å². The highest BCUT2D eigenvalue weighted by Crippen LogP contribution is 2.33. The van der Waals surface area contributed by atoms with Crippen molar-refractivity contribution in [2.75, 3.05) is 12.1 Å². The van der Waals surface area contributed by atoms with Gasteiger partial charge in [0.05, 0.1) is 15.9 Å². The van der Waals surface area contributed by atoms with E-state index in [9.17, 15) is 20.2 Å². The largest absolute Gasteiger partial charge is 0.332 e. The second kappa shape index (κ2) is 4.28. The van der Waals surface area contributed by atoms with Crippen LogP contribution in [-0.4, -0.2) is 28.1 Å². The third-order valence-corrected chi connectivity index (χ3v) is 2.19. The first-order valence-electron chi connectivity index (χ1n) is 4.75. The molecule has 1 aliphatic heterocycles. The lowest BCUT2D eigenvalue weighted by atomic mass is 10.2. The Balaban J connectivity index is 2.44. The molecular formula is C9H7N5O4. The van der Waals surface area contributed by atoms with E-state index in [0.29, 0.717) is 0 Å². The van der Waals surface area contributed by atoms with Crippen LogP contribution in [0, 0.1) is 26.9 Å². The van der Waals surface area contributed by atoms with Crippen molar-refractivity contribution in [1.29, 1.82) is 0 Å². The van der Waals surface area contributed by atoms with Gasteiger partial charge in [0.1, 0.15) is 12.0 Å². The smallest absolute Gasteiger partial charge is 0.301 e. The van der Waals surface area contributed by atoms with Crippen molar-refractivity contribution in [2.24, 2.45) is 5.10 Å². The SMILES string of the molecule is CN1[C]N(c2ccc([N+](=O)[O-])cc2[N+](=O)[O-])N=C1. The minimum Gasteiger partial charge on any atom is -0.332 e. The van der Waals surface area contributed by atoms with Crippen molar-refractivity contribution >= 4 is 23.4 Å². The van der Waals surface area contributed by atoms with Crippen LogP contribution in [-0.2, 0) is 0 Å². The second-order valence-corrected chi connectivity index (χ2v) is 3.44. The van der Waals surface area contributed by atoms with Gasteiger partial charge >= 0.3 is 5.69 Å². The van der Waals surface area contributed by atoms with Gasteiger partial charge in [-0.1, -0.05) is 0 Å². The molecule has 1 aromatic carbocycles. The number of nitrogens with zero attached hydrogens (tertiary/aromatic N) is 5. The number of hydrazone groups is 1. The molecule has 0 N–H and O–H groups in total. The Hall–Kier alpha value is -2.71. The molecule has 2 rings (SSSR count). The summed E-state index contributed by atoms with van der Waals surface area (Å²) in [7, 11) is 1.65. The van der Waals surface area contributed by atoms with Gasteiger partial charge in [0.15, 0.2) is 0 Å². The average molecular weight is 249 g/mol. The minimum atomic E-state index is -0.697. The first kappa shape index (κ1) is 11.8. The maximum Gasteiger partial charge on any atom is 0.301 e. The lowest BCUT2D eigenvalue weighted by Gasteiger charge is -2.13. The number of nitro benzene ring substituents is 2. The summed E-state index contributed by atoms with van der Waals surface area (Å²) in [5.41, 5.74) is -0.627. The molecule has 0 bridgehead atoms. The number of hydrogen-bond donors (Lipinski definition) is 0. The molecule has 0 spiro atoms. The van der Waals surface area contributed by atoms with Gasteiger partial charge < -0.3 is 4.90 Å². The van der Waals surface area contributed by atoms with Crippen molar-refractivity contribution in [1.82, 2.24) is 4.90 Å². The van der Waals surface area contributed by atoms with Crippen LogP contribution < -0.4 is 5.01 Å². The van der Waals surface area contributed by atoms with Gasteiger partial charge in [-0.25, -0.2) is 5.01 Å². The summed E-state index contributed by atoms with van der Waals surface area (Å²) >= 11 is 0. The lowest BCUT2D eigenvalue weighted by Crippen LogP contribution is -2.17. The lowest BCUT2D eigenvalue weighted by molar-refractivity contribution is -0.393. The molecule has 9 nitrogen and oxygen atoms in total. The molecule has 1 aliphatic rings. The number of non-ortho nitro benzene ring substituents is 1. The van der Waals surface area contributed by atoms with E-state index in [4.69, 9.17) is 0 Å². The van der Waals surface area contributed by atoms with E-state index in [0.717, 1.165) is 11.1 Å². The van der Waals surface area contributed by atoms with Gasteiger partial charge in [-0.05, 0) is 6.07 Å². The number of nitro groups is 2. The van der Waals surface area contributed by atoms with Crippen LogP contribution in [0.4, 0.5) is 17.1 Å². The van der Waals surface area contributed by atoms with Gasteiger partial charge in [0.2, 0.25) is 6.67 Å². The van der Waals surface area contributed by atoms with Crippen molar-refractivity contribution in [3.8, 4) is 0 Å². The predicted molar refractivity (Wildman–Crippen MR) is 61.7 cm³/mol. The van der Waals surface area contributed by atoms with Crippen molar-refractivity contribution in [2.45, 2.75) is 0 Å². The van der Waals surface area contributed by atoms with Gasteiger partial charge in [-0.15, -0.1) is 0 Å². The monoisotopic (exact) mass is 249 g/mol. The fraction of sp³-hybridized carbons (Fsp3) is 0.111. The number of benzene rings is 1. The molecule has 92 valence electrons. The minimum absolute atomic E-state index is 0.117. The molecule has 2 radical (unpaired) electrons. The number of rotatable bonds is 3. The molecule has 0 saturated carbocycles. The quantitative estimate of drug-likeness (QED) is 0.588. The molecule has 0 unspecified atom stereocenters. The van der Waals surface area contributed by atoms with E-state index in [1.54, 1.807) is 7.05 Å². The van der Waals surface area contributed by atoms with Gasteiger partial charge in [-0.2, -0.15) is 5.10 Å². The molecule has 0 aliphatic carbocycles. The summed E-state index contributed by atoms with van der Waals surface area (Å²) in [6.45, 7) is 2.68. The summed E-state index contributed by atoms with van der Waals surface area (Å²) < 4.78 is 0. The van der Waals surface area contributed by atoms with Gasteiger partial charge in [0, 0.05) is 13.1 Å². The van der Waals surface area contributed by atoms with Crippen LogP contribution in [0.5, 0.6) is 0 Å². The summed E-state index contributed by atoms with van der Waals surface area (Å²) in [4.78, 5) is 21.6. The Morgan fingerprint density at radius 2 is 2.00 bits per heavy atom. The molecule has 0 fully saturated rings. The fourth-order valence-electron chi connectivity index (χ4n) is 1.40. The third-order valence-electron chi connectivity index (χ3n) is 2.19. The molecule has 1 aromatic rings. The molecule has 9 heteroatoms. The zero-order valence-electron chi connectivity index (χ0n) is 9.18. The van der Waals surface area contributed by atoms with Crippen LogP contribution in [0.2, 0.25) is 0 Å². The topological polar surface area (TPSA) is 105 Å². The highest BCUT2D eigenvalue weighted by molar-refractivity contribution is 5.72. The first-order valence-corrected chi connectivity index (χ1v) is 4.75. The molecule has 0 amide bonds. The zero-order chi connectivity index (χ0) is 13.3. The van der Waals surface area contributed by atoms with E-state index in [2.05, 4.69) is 11.8 Å². The Kier molecular flexibility index (Phi) is 2.80. The number of hydrogen-bond acceptors (Lipinski definition) is 7. The fourth-order valence-corrected chi connectivity index (χ4v) is 1.40. The highest BCUT2D eigenvalue weighted by Gasteiger charge is 2.26. The second-order valence-electron chi connectivity index (χ2n) is 3.44. The third kappa shape index (κ3) is 2.05. The maximum absolute atomic E-state index is 10.9. The van der Waals surface area contributed by atoms with E-state index >= 15 is 0 Å². The Morgan fingerprint density at radius 3 is 2.50 bits per heavy atom. The van der Waals surface area contributed by atoms with Crippen LogP contribution >= 0.6 is 0 Å². The normalized spacial score (nSPS) is 14.1. The zero-order valence-corrected chi connectivity index (χ0v) is 9.18. The highest BCUT2D eigenvalue weighted by atomic mass is 16.6. The van der Waals surface area contributed by atoms with Crippen molar-refractivity contribution < 1.29 is 9.85 Å². The maximum atomic E-state index is 10.9. The Bertz CT molecular complexity index is 544. The van der Waals surface area contributed by atoms with Crippen LogP contribution in [0.25, 0.3) is 0 Å². The Labute approximate surface area is 101 Å². The molecule has 0 aromatic heterocycles. The van der Waals surface area contributed by atoms with Crippen LogP contribution in [0.15, 0.2) is 23.3 Å². The summed E-state index contributed by atoms with van der Waals surface area (Å²) in [5.74, 6) is 0. The summed E-state index contributed by atoms with van der Waals surface area (Å²) in [6.07, 6.45) is 1.41. The van der Waals surface area contributed by atoms with E-state index < -0.39 is 15.5 Å². The van der Waals surface area contributed by atoms with Crippen LogP contribution in [0.1, 0.15) is 0 Å². The summed E-state index contributed by atoms with van der Waals surface area (Å²) in [6, 6.07) is 3.34. The molecule has 1 heterocycles. The standard InChI is InChI=1S/C9H7N5O4/c1-11-5-10-12(6-11)8-3-2-7(13(15)16)4-9(8)14(17)18/h2-5H,1H3. The van der Waals surface area contributed by atoms with Gasteiger partial charge in [0.25, 0.3) is 5.69 Å². The number of anilines is 1. The van der Waals surface area contributed by atoms with Crippen LogP contribution in [0.3, 0.4) is 0 Å². The van der Waals surface area contributed by atoms with Crippen molar-refractivity contribution in [3.63, 3.8) is 0 Å². The van der Waals surface area contributed by atoms with Gasteiger partial charge in [-0.3, -0.25) is 20.2 Å². The Morgan fingerprint density at radius 1 is 1.28 bits per heavy atom. The van der Waals surface area contributed by atoms with E-state index in [1.165, 1.54) is 23.4 Å². The average Bonchev–Trinajstić information content (AvgIpc) is 2.74. The first-order chi connectivity index (χ1) is 8.49. The molecule has 0 saturated heterocycles. The van der Waals surface area contributed by atoms with E-state index in [-0.39, 0.29) is 11.4 Å². The predicted octanol–water partition coefficient (Wildman–Crippen LogP) is 1.19. The molecule has 18 heavy (non-hydrogen) atoms. The molecule has 0 atom stereocenters. The molecular weight excluding hydrogens is 242 g/mol. The summed E-state index contributed by atoms with van der Waals surface area (Å²) in [5, 5.41) is 26.5.